The first-order valence-corrected chi connectivity index (χ1v) is 5.23. The number of aromatic amines is 1. The third-order valence-electron chi connectivity index (χ3n) is 2.87. The molecule has 1 fully saturated rings. The van der Waals surface area contributed by atoms with E-state index >= 15 is 0 Å². The molecule has 1 aliphatic carbocycles. The summed E-state index contributed by atoms with van der Waals surface area (Å²) < 4.78 is 0. The Balaban J connectivity index is 1.84. The van der Waals surface area contributed by atoms with Gasteiger partial charge in [0.1, 0.15) is 17.7 Å². The lowest BCUT2D eigenvalue weighted by Crippen LogP contribution is -2.25. The molecule has 2 heterocycles. The molecule has 0 aromatic carbocycles. The normalized spacial score (nSPS) is 18.2. The zero-order valence-corrected chi connectivity index (χ0v) is 8.35. The molecule has 5 heteroatoms. The van der Waals surface area contributed by atoms with Gasteiger partial charge in [-0.1, -0.05) is 0 Å². The molecule has 0 aliphatic heterocycles. The van der Waals surface area contributed by atoms with Crippen molar-refractivity contribution < 1.29 is 0 Å². The van der Waals surface area contributed by atoms with Gasteiger partial charge in [0, 0.05) is 12.5 Å². The Kier molecular flexibility index (Phi) is 1.92. The maximum atomic E-state index is 6.04. The van der Waals surface area contributed by atoms with Gasteiger partial charge in [-0.2, -0.15) is 0 Å². The number of nitrogens with zero attached hydrogens (tertiary/aromatic N) is 3. The summed E-state index contributed by atoms with van der Waals surface area (Å²) in [6.07, 6.45) is 6.58. The lowest BCUT2D eigenvalue weighted by Gasteiger charge is -2.06. The van der Waals surface area contributed by atoms with Crippen LogP contribution in [-0.4, -0.2) is 26.0 Å². The van der Waals surface area contributed by atoms with Crippen LogP contribution in [0.2, 0.25) is 0 Å². The van der Waals surface area contributed by atoms with Gasteiger partial charge in [0.25, 0.3) is 0 Å². The number of rotatable bonds is 3. The Morgan fingerprint density at radius 3 is 3.13 bits per heavy atom. The lowest BCUT2D eigenvalue weighted by molar-refractivity contribution is 0.579. The average molecular weight is 203 g/mol. The van der Waals surface area contributed by atoms with E-state index in [0.717, 1.165) is 23.4 Å². The number of hydrogen-bond donors (Lipinski definition) is 2. The summed E-state index contributed by atoms with van der Waals surface area (Å²) in [4.78, 5) is 15.6. The highest BCUT2D eigenvalue weighted by Gasteiger charge is 2.29. The Morgan fingerprint density at radius 1 is 1.53 bits per heavy atom. The van der Waals surface area contributed by atoms with E-state index in [1.165, 1.54) is 19.2 Å². The van der Waals surface area contributed by atoms with E-state index in [4.69, 9.17) is 5.73 Å². The van der Waals surface area contributed by atoms with E-state index < -0.39 is 0 Å². The highest BCUT2D eigenvalue weighted by atomic mass is 15.0. The van der Waals surface area contributed by atoms with Crippen LogP contribution in [0.3, 0.4) is 0 Å². The Hall–Kier alpha value is -1.49. The van der Waals surface area contributed by atoms with Crippen molar-refractivity contribution in [3.8, 4) is 0 Å². The molecular formula is C10H13N5. The van der Waals surface area contributed by atoms with Gasteiger partial charge in [-0.25, -0.2) is 15.0 Å². The SMILES string of the molecule is NC(Cc1nc2ncncc2[nH]1)C1CC1. The zero-order valence-electron chi connectivity index (χ0n) is 8.35. The molecule has 5 nitrogen and oxygen atoms in total. The van der Waals surface area contributed by atoms with Gasteiger partial charge in [0.2, 0.25) is 0 Å². The zero-order chi connectivity index (χ0) is 10.3. The summed E-state index contributed by atoms with van der Waals surface area (Å²) >= 11 is 0. The van der Waals surface area contributed by atoms with E-state index in [0.29, 0.717) is 5.92 Å². The van der Waals surface area contributed by atoms with E-state index in [9.17, 15) is 0 Å². The average Bonchev–Trinajstić information content (AvgIpc) is 2.99. The molecule has 3 N–H and O–H groups in total. The minimum absolute atomic E-state index is 0.235. The molecule has 0 spiro atoms. The number of nitrogens with two attached hydrogens (primary N) is 1. The number of H-pyrrole nitrogens is 1. The summed E-state index contributed by atoms with van der Waals surface area (Å²) in [6, 6.07) is 0.235. The number of fused-ring (bicyclic) bond motifs is 1. The van der Waals surface area contributed by atoms with Crippen LogP contribution in [0.5, 0.6) is 0 Å². The molecule has 3 rings (SSSR count). The first-order chi connectivity index (χ1) is 7.33. The predicted octanol–water partition coefficient (Wildman–Crippen LogP) is 0.633. The second kappa shape index (κ2) is 3.27. The Morgan fingerprint density at radius 2 is 2.40 bits per heavy atom. The molecule has 78 valence electrons. The van der Waals surface area contributed by atoms with Crippen LogP contribution in [0.4, 0.5) is 0 Å². The molecular weight excluding hydrogens is 190 g/mol. The highest BCUT2D eigenvalue weighted by molar-refractivity contribution is 5.68. The molecule has 1 saturated carbocycles. The topological polar surface area (TPSA) is 80.5 Å². The van der Waals surface area contributed by atoms with Gasteiger partial charge in [-0.15, -0.1) is 0 Å². The molecule has 1 aliphatic rings. The van der Waals surface area contributed by atoms with Crippen molar-refractivity contribution in [1.82, 2.24) is 19.9 Å². The van der Waals surface area contributed by atoms with Gasteiger partial charge >= 0.3 is 0 Å². The Bertz CT molecular complexity index is 440. The van der Waals surface area contributed by atoms with Crippen LogP contribution >= 0.6 is 0 Å². The fourth-order valence-electron chi connectivity index (χ4n) is 1.82. The van der Waals surface area contributed by atoms with Crippen LogP contribution in [0.15, 0.2) is 12.5 Å². The first kappa shape index (κ1) is 8.79. The van der Waals surface area contributed by atoms with E-state index in [1.54, 1.807) is 6.20 Å². The molecule has 0 bridgehead atoms. The highest BCUT2D eigenvalue weighted by Crippen LogP contribution is 2.32. The van der Waals surface area contributed by atoms with E-state index in [2.05, 4.69) is 19.9 Å². The fourth-order valence-corrected chi connectivity index (χ4v) is 1.82. The van der Waals surface area contributed by atoms with Crippen LogP contribution in [0.1, 0.15) is 18.7 Å². The molecule has 1 unspecified atom stereocenters. The maximum absolute atomic E-state index is 6.04. The minimum atomic E-state index is 0.235. The summed E-state index contributed by atoms with van der Waals surface area (Å²) in [5.41, 5.74) is 7.65. The first-order valence-electron chi connectivity index (χ1n) is 5.23. The van der Waals surface area contributed by atoms with Gasteiger partial charge in [-0.05, 0) is 18.8 Å². The van der Waals surface area contributed by atoms with Crippen LogP contribution in [0, 0.1) is 5.92 Å². The van der Waals surface area contributed by atoms with Crippen molar-refractivity contribution in [2.45, 2.75) is 25.3 Å². The second-order valence-electron chi connectivity index (χ2n) is 4.15. The monoisotopic (exact) mass is 203 g/mol. The van der Waals surface area contributed by atoms with Gasteiger partial charge < -0.3 is 10.7 Å². The summed E-state index contributed by atoms with van der Waals surface area (Å²) in [7, 11) is 0. The largest absolute Gasteiger partial charge is 0.339 e. The van der Waals surface area contributed by atoms with Crippen LogP contribution in [-0.2, 0) is 6.42 Å². The molecule has 2 aromatic heterocycles. The van der Waals surface area contributed by atoms with Crippen molar-refractivity contribution in [3.05, 3.63) is 18.3 Å². The third-order valence-corrected chi connectivity index (χ3v) is 2.87. The van der Waals surface area contributed by atoms with Crippen LogP contribution < -0.4 is 5.73 Å². The molecule has 2 aromatic rings. The minimum Gasteiger partial charge on any atom is -0.339 e. The van der Waals surface area contributed by atoms with Crippen molar-refractivity contribution in [2.75, 3.05) is 0 Å². The summed E-state index contributed by atoms with van der Waals surface area (Å²) in [5.74, 6) is 1.62. The van der Waals surface area contributed by atoms with E-state index in [1.807, 2.05) is 0 Å². The van der Waals surface area contributed by atoms with Gasteiger partial charge in [0.05, 0.1) is 6.20 Å². The lowest BCUT2D eigenvalue weighted by atomic mass is 10.1. The van der Waals surface area contributed by atoms with Crippen molar-refractivity contribution in [1.29, 1.82) is 0 Å². The number of aromatic nitrogens is 4. The summed E-state index contributed by atoms with van der Waals surface area (Å²) in [5, 5.41) is 0. The van der Waals surface area contributed by atoms with Crippen molar-refractivity contribution in [3.63, 3.8) is 0 Å². The maximum Gasteiger partial charge on any atom is 0.180 e. The summed E-state index contributed by atoms with van der Waals surface area (Å²) in [6.45, 7) is 0. The van der Waals surface area contributed by atoms with Crippen LogP contribution in [0.25, 0.3) is 11.2 Å². The smallest absolute Gasteiger partial charge is 0.180 e. The number of nitrogens with one attached hydrogen (secondary N) is 1. The number of imidazole rings is 1. The van der Waals surface area contributed by atoms with Gasteiger partial charge in [0.15, 0.2) is 5.65 Å². The quantitative estimate of drug-likeness (QED) is 0.766. The third kappa shape index (κ3) is 1.70. The van der Waals surface area contributed by atoms with Crippen molar-refractivity contribution >= 4 is 11.2 Å². The second-order valence-corrected chi connectivity index (χ2v) is 4.15. The molecule has 1 atom stereocenters. The fraction of sp³-hybridized carbons (Fsp3) is 0.500. The Labute approximate surface area is 87.1 Å². The molecule has 0 amide bonds. The molecule has 15 heavy (non-hydrogen) atoms. The molecule has 0 saturated heterocycles. The predicted molar refractivity (Wildman–Crippen MR) is 56.1 cm³/mol. The number of hydrogen-bond acceptors (Lipinski definition) is 4. The van der Waals surface area contributed by atoms with E-state index in [-0.39, 0.29) is 6.04 Å². The van der Waals surface area contributed by atoms with Crippen molar-refractivity contribution in [2.24, 2.45) is 11.7 Å². The molecule has 0 radical (unpaired) electrons. The standard InChI is InChI=1S/C10H13N5/c11-7(6-1-2-6)3-9-14-8-4-12-5-13-10(8)15-9/h4-7H,1-3,11H2,(H,12,13,14,15). The van der Waals surface area contributed by atoms with Gasteiger partial charge in [-0.3, -0.25) is 0 Å².